The van der Waals surface area contributed by atoms with Crippen LogP contribution in [-0.2, 0) is 22.9 Å². The molecule has 2 aromatic rings. The monoisotopic (exact) mass is 439 g/mol. The third-order valence-electron chi connectivity index (χ3n) is 4.84. The zero-order valence-electron chi connectivity index (χ0n) is 16.8. The number of sulfonamides is 1. The average Bonchev–Trinajstić information content (AvgIpc) is 3.02. The number of hydrogen-bond acceptors (Lipinski definition) is 5. The number of aromatic nitrogens is 1. The molecular weight excluding hydrogens is 413 g/mol. The number of hydrogen-bond donors (Lipinski definition) is 2. The first-order valence-electron chi connectivity index (χ1n) is 9.81. The SMILES string of the molecule is CCCC1CCc2nc(NC(=O)c3cc(S(=O)(=O)NC(C)C)ccc3F)sc2C1. The first kappa shape index (κ1) is 21.9. The van der Waals surface area contributed by atoms with E-state index in [0.29, 0.717) is 11.0 Å². The van der Waals surface area contributed by atoms with Gasteiger partial charge in [-0.15, -0.1) is 11.3 Å². The second-order valence-corrected chi connectivity index (χ2v) is 10.5. The fourth-order valence-electron chi connectivity index (χ4n) is 3.54. The highest BCUT2D eigenvalue weighted by atomic mass is 32.2. The van der Waals surface area contributed by atoms with Crippen LogP contribution in [0.5, 0.6) is 0 Å². The molecule has 1 aromatic heterocycles. The number of carbonyl (C=O) groups excluding carboxylic acids is 1. The van der Waals surface area contributed by atoms with Crippen LogP contribution in [0.1, 0.15) is 61.0 Å². The highest BCUT2D eigenvalue weighted by Crippen LogP contribution is 2.34. The van der Waals surface area contributed by atoms with Crippen LogP contribution >= 0.6 is 11.3 Å². The van der Waals surface area contributed by atoms with Crippen LogP contribution < -0.4 is 10.0 Å². The number of halogens is 1. The Kier molecular flexibility index (Phi) is 6.70. The molecule has 0 fully saturated rings. The maximum Gasteiger partial charge on any atom is 0.260 e. The van der Waals surface area contributed by atoms with Gasteiger partial charge in [0.2, 0.25) is 10.0 Å². The van der Waals surface area contributed by atoms with Gasteiger partial charge in [-0.25, -0.2) is 22.5 Å². The molecule has 0 spiro atoms. The van der Waals surface area contributed by atoms with Crippen LogP contribution in [0.3, 0.4) is 0 Å². The molecule has 1 aliphatic rings. The summed E-state index contributed by atoms with van der Waals surface area (Å²) >= 11 is 1.42. The van der Waals surface area contributed by atoms with Crippen LogP contribution in [0.25, 0.3) is 0 Å². The fraction of sp³-hybridized carbons (Fsp3) is 0.500. The minimum Gasteiger partial charge on any atom is -0.298 e. The topological polar surface area (TPSA) is 88.2 Å². The number of amides is 1. The number of fused-ring (bicyclic) bond motifs is 1. The maximum atomic E-state index is 14.2. The second kappa shape index (κ2) is 8.89. The predicted molar refractivity (Wildman–Crippen MR) is 112 cm³/mol. The molecule has 6 nitrogen and oxygen atoms in total. The van der Waals surface area contributed by atoms with E-state index in [1.54, 1.807) is 13.8 Å². The first-order valence-corrected chi connectivity index (χ1v) is 12.1. The van der Waals surface area contributed by atoms with E-state index in [-0.39, 0.29) is 16.5 Å². The number of aryl methyl sites for hydroxylation is 1. The van der Waals surface area contributed by atoms with Crippen LogP contribution in [0.2, 0.25) is 0 Å². The molecule has 2 N–H and O–H groups in total. The van der Waals surface area contributed by atoms with E-state index in [1.807, 2.05) is 0 Å². The van der Waals surface area contributed by atoms with E-state index in [1.165, 1.54) is 22.6 Å². The molecule has 1 amide bonds. The molecule has 1 aliphatic carbocycles. The van der Waals surface area contributed by atoms with E-state index >= 15 is 0 Å². The Labute approximate surface area is 175 Å². The van der Waals surface area contributed by atoms with Gasteiger partial charge in [0.15, 0.2) is 5.13 Å². The van der Waals surface area contributed by atoms with Gasteiger partial charge in [0.1, 0.15) is 5.82 Å². The van der Waals surface area contributed by atoms with E-state index in [0.717, 1.165) is 49.6 Å². The van der Waals surface area contributed by atoms with Crippen molar-refractivity contribution in [3.8, 4) is 0 Å². The lowest BCUT2D eigenvalue weighted by Crippen LogP contribution is -2.30. The predicted octanol–water partition coefficient (Wildman–Crippen LogP) is 4.13. The Morgan fingerprint density at radius 3 is 2.83 bits per heavy atom. The summed E-state index contributed by atoms with van der Waals surface area (Å²) in [5.41, 5.74) is 0.671. The molecule has 1 atom stereocenters. The largest absolute Gasteiger partial charge is 0.298 e. The lowest BCUT2D eigenvalue weighted by molar-refractivity contribution is 0.102. The molecule has 0 aliphatic heterocycles. The second-order valence-electron chi connectivity index (χ2n) is 7.66. The molecular formula is C20H26FN3O3S2. The average molecular weight is 440 g/mol. The zero-order chi connectivity index (χ0) is 21.2. The number of rotatable bonds is 7. The fourth-order valence-corrected chi connectivity index (χ4v) is 5.93. The smallest absolute Gasteiger partial charge is 0.260 e. The van der Waals surface area contributed by atoms with Gasteiger partial charge in [0.05, 0.1) is 16.2 Å². The van der Waals surface area contributed by atoms with Crippen molar-refractivity contribution in [3.63, 3.8) is 0 Å². The van der Waals surface area contributed by atoms with Gasteiger partial charge in [-0.2, -0.15) is 0 Å². The van der Waals surface area contributed by atoms with Crippen molar-refractivity contribution in [3.05, 3.63) is 40.2 Å². The van der Waals surface area contributed by atoms with Gasteiger partial charge in [-0.1, -0.05) is 19.8 Å². The Bertz CT molecular complexity index is 1000. The van der Waals surface area contributed by atoms with Crippen LogP contribution in [0, 0.1) is 11.7 Å². The molecule has 0 saturated heterocycles. The van der Waals surface area contributed by atoms with Gasteiger partial charge in [0.25, 0.3) is 5.91 Å². The van der Waals surface area contributed by atoms with E-state index in [4.69, 9.17) is 0 Å². The van der Waals surface area contributed by atoms with Crippen molar-refractivity contribution >= 4 is 32.4 Å². The number of carbonyl (C=O) groups is 1. The summed E-state index contributed by atoms with van der Waals surface area (Å²) in [6.45, 7) is 5.54. The Balaban J connectivity index is 1.79. The van der Waals surface area contributed by atoms with E-state index < -0.39 is 21.7 Å². The molecule has 9 heteroatoms. The van der Waals surface area contributed by atoms with Crippen LogP contribution in [0.15, 0.2) is 23.1 Å². The van der Waals surface area contributed by atoms with Crippen molar-refractivity contribution in [2.24, 2.45) is 5.92 Å². The number of thiazole rings is 1. The summed E-state index contributed by atoms with van der Waals surface area (Å²) in [6, 6.07) is 2.87. The summed E-state index contributed by atoms with van der Waals surface area (Å²) in [7, 11) is -3.83. The van der Waals surface area contributed by atoms with Crippen molar-refractivity contribution in [2.45, 2.75) is 63.8 Å². The number of benzene rings is 1. The molecule has 0 saturated carbocycles. The highest BCUT2D eigenvalue weighted by Gasteiger charge is 2.24. The van der Waals surface area contributed by atoms with Gasteiger partial charge in [-0.3, -0.25) is 10.1 Å². The molecule has 0 bridgehead atoms. The summed E-state index contributed by atoms with van der Waals surface area (Å²) in [4.78, 5) is 18.1. The third-order valence-corrected chi connectivity index (χ3v) is 7.53. The molecule has 3 rings (SSSR count). The summed E-state index contributed by atoms with van der Waals surface area (Å²) in [5, 5.41) is 3.06. The van der Waals surface area contributed by atoms with E-state index in [2.05, 4.69) is 21.9 Å². The first-order chi connectivity index (χ1) is 13.7. The van der Waals surface area contributed by atoms with Gasteiger partial charge >= 0.3 is 0 Å². The quantitative estimate of drug-likeness (QED) is 0.679. The van der Waals surface area contributed by atoms with Crippen molar-refractivity contribution in [1.29, 1.82) is 0 Å². The van der Waals surface area contributed by atoms with Gasteiger partial charge in [-0.05, 0) is 57.2 Å². The molecule has 0 radical (unpaired) electrons. The summed E-state index contributed by atoms with van der Waals surface area (Å²) in [6.07, 6.45) is 5.26. The minimum atomic E-state index is -3.83. The molecule has 1 aromatic carbocycles. The van der Waals surface area contributed by atoms with Crippen LogP contribution in [-0.4, -0.2) is 25.4 Å². The van der Waals surface area contributed by atoms with Crippen molar-refractivity contribution in [1.82, 2.24) is 9.71 Å². The van der Waals surface area contributed by atoms with Crippen LogP contribution in [0.4, 0.5) is 9.52 Å². The number of nitrogens with zero attached hydrogens (tertiary/aromatic N) is 1. The maximum absolute atomic E-state index is 14.2. The van der Waals surface area contributed by atoms with Crippen molar-refractivity contribution in [2.75, 3.05) is 5.32 Å². The minimum absolute atomic E-state index is 0.154. The Hall–Kier alpha value is -1.84. The number of anilines is 1. The zero-order valence-corrected chi connectivity index (χ0v) is 18.4. The van der Waals surface area contributed by atoms with Gasteiger partial charge in [0, 0.05) is 10.9 Å². The normalized spacial score (nSPS) is 16.7. The summed E-state index contributed by atoms with van der Waals surface area (Å²) < 4.78 is 41.3. The third kappa shape index (κ3) is 5.21. The standard InChI is InChI=1S/C20H26FN3O3S2/c1-4-5-13-6-9-17-18(10-13)28-20(22-17)23-19(25)15-11-14(7-8-16(15)21)29(26,27)24-12(2)3/h7-8,11-13,24H,4-6,9-10H2,1-3H3,(H,22,23,25). The van der Waals surface area contributed by atoms with Gasteiger partial charge < -0.3 is 0 Å². The molecule has 29 heavy (non-hydrogen) atoms. The molecule has 1 unspecified atom stereocenters. The Morgan fingerprint density at radius 2 is 2.14 bits per heavy atom. The highest BCUT2D eigenvalue weighted by molar-refractivity contribution is 7.89. The number of nitrogens with one attached hydrogen (secondary N) is 2. The van der Waals surface area contributed by atoms with Crippen molar-refractivity contribution < 1.29 is 17.6 Å². The Morgan fingerprint density at radius 1 is 1.38 bits per heavy atom. The lowest BCUT2D eigenvalue weighted by Gasteiger charge is -2.19. The molecule has 1 heterocycles. The lowest BCUT2D eigenvalue weighted by atomic mass is 9.88. The van der Waals surface area contributed by atoms with E-state index in [9.17, 15) is 17.6 Å². The molecule has 158 valence electrons. The summed E-state index contributed by atoms with van der Waals surface area (Å²) in [5.74, 6) is -0.847.